The molecule has 5 rings (SSSR count). The summed E-state index contributed by atoms with van der Waals surface area (Å²) in [6, 6.07) is 0. The van der Waals surface area contributed by atoms with Gasteiger partial charge in [-0.15, -0.1) is 0 Å². The van der Waals surface area contributed by atoms with Crippen LogP contribution < -0.4 is 0 Å². The molecule has 2 nitrogen and oxygen atoms in total. The summed E-state index contributed by atoms with van der Waals surface area (Å²) in [4.78, 5) is 0. The lowest BCUT2D eigenvalue weighted by Gasteiger charge is -2.61. The number of rotatable bonds is 1. The van der Waals surface area contributed by atoms with Gasteiger partial charge in [0.2, 0.25) is 0 Å². The van der Waals surface area contributed by atoms with Crippen LogP contribution in [0.1, 0.15) is 85.5 Å². The molecule has 1 heterocycles. The molecule has 0 amide bonds. The van der Waals surface area contributed by atoms with Gasteiger partial charge in [0.15, 0.2) is 5.79 Å². The largest absolute Gasteiger partial charge is 0.348 e. The lowest BCUT2D eigenvalue weighted by molar-refractivity contribution is -0.218. The minimum atomic E-state index is -0.308. The van der Waals surface area contributed by atoms with E-state index in [0.29, 0.717) is 16.7 Å². The number of fused-ring (bicyclic) bond motifs is 5. The Morgan fingerprint density at radius 1 is 0.731 bits per heavy atom. The van der Waals surface area contributed by atoms with Gasteiger partial charge in [-0.25, -0.2) is 0 Å². The van der Waals surface area contributed by atoms with E-state index < -0.39 is 0 Å². The maximum atomic E-state index is 6.17. The minimum absolute atomic E-state index is 0.308. The molecule has 26 heavy (non-hydrogen) atoms. The fraction of sp³-hybridized carbons (Fsp3) is 1.00. The van der Waals surface area contributed by atoms with Crippen molar-refractivity contribution >= 4 is 0 Å². The second kappa shape index (κ2) is 5.96. The molecule has 0 aromatic carbocycles. The van der Waals surface area contributed by atoms with Crippen LogP contribution in [0.4, 0.5) is 0 Å². The van der Waals surface area contributed by atoms with Gasteiger partial charge in [-0.1, -0.05) is 27.2 Å². The van der Waals surface area contributed by atoms with Crippen LogP contribution in [0.25, 0.3) is 0 Å². The van der Waals surface area contributed by atoms with Crippen LogP contribution in [0.3, 0.4) is 0 Å². The highest BCUT2D eigenvalue weighted by Gasteiger charge is 2.63. The highest BCUT2D eigenvalue weighted by Crippen LogP contribution is 2.69. The Kier molecular flexibility index (Phi) is 4.12. The zero-order valence-corrected chi connectivity index (χ0v) is 17.6. The first-order chi connectivity index (χ1) is 12.4. The monoisotopic (exact) mass is 360 g/mol. The summed E-state index contributed by atoms with van der Waals surface area (Å²) in [6.45, 7) is 11.6. The van der Waals surface area contributed by atoms with Gasteiger partial charge >= 0.3 is 0 Å². The third-order valence-corrected chi connectivity index (χ3v) is 10.4. The van der Waals surface area contributed by atoms with Gasteiger partial charge in [0.05, 0.1) is 13.2 Å². The van der Waals surface area contributed by atoms with Gasteiger partial charge in [-0.3, -0.25) is 0 Å². The molecule has 4 aliphatic carbocycles. The number of ether oxygens (including phenoxy) is 2. The third kappa shape index (κ3) is 2.36. The average Bonchev–Trinajstić information content (AvgIpc) is 3.19. The molecule has 0 spiro atoms. The van der Waals surface area contributed by atoms with E-state index in [9.17, 15) is 0 Å². The van der Waals surface area contributed by atoms with Gasteiger partial charge < -0.3 is 9.47 Å². The molecular weight excluding hydrogens is 320 g/mol. The minimum Gasteiger partial charge on any atom is -0.348 e. The molecule has 5 aliphatic rings. The zero-order valence-electron chi connectivity index (χ0n) is 17.6. The summed E-state index contributed by atoms with van der Waals surface area (Å²) >= 11 is 0. The molecule has 0 bridgehead atoms. The molecule has 148 valence electrons. The summed E-state index contributed by atoms with van der Waals surface area (Å²) < 4.78 is 12.3. The van der Waals surface area contributed by atoms with Gasteiger partial charge in [-0.2, -0.15) is 0 Å². The van der Waals surface area contributed by atoms with E-state index in [4.69, 9.17) is 9.47 Å². The molecule has 2 heteroatoms. The summed E-state index contributed by atoms with van der Waals surface area (Å²) in [5, 5.41) is 0. The molecule has 0 N–H and O–H groups in total. The van der Waals surface area contributed by atoms with Crippen molar-refractivity contribution in [2.24, 2.45) is 46.3 Å². The van der Waals surface area contributed by atoms with Crippen molar-refractivity contribution in [3.05, 3.63) is 0 Å². The van der Waals surface area contributed by atoms with Crippen LogP contribution in [-0.4, -0.2) is 19.0 Å². The van der Waals surface area contributed by atoms with Crippen molar-refractivity contribution in [3.8, 4) is 0 Å². The SMILES string of the molecule is C[C@@H]1CC[C@]2(C)C3CC[C@@]4(C)C(CC[C@@H]4C4(C)OCCO4)C3CC[C@H]2C1. The quantitative estimate of drug-likeness (QED) is 0.567. The van der Waals surface area contributed by atoms with Crippen LogP contribution in [0.15, 0.2) is 0 Å². The van der Waals surface area contributed by atoms with Crippen molar-refractivity contribution in [3.63, 3.8) is 0 Å². The first-order valence-electron chi connectivity index (χ1n) is 11.6. The summed E-state index contributed by atoms with van der Waals surface area (Å²) in [5.41, 5.74) is 1.07. The second-order valence-electron chi connectivity index (χ2n) is 11.4. The van der Waals surface area contributed by atoms with Crippen LogP contribution >= 0.6 is 0 Å². The maximum absolute atomic E-state index is 6.17. The van der Waals surface area contributed by atoms with E-state index in [1.807, 2.05) is 0 Å². The topological polar surface area (TPSA) is 18.5 Å². The maximum Gasteiger partial charge on any atom is 0.169 e. The van der Waals surface area contributed by atoms with Gasteiger partial charge in [-0.05, 0) is 98.7 Å². The van der Waals surface area contributed by atoms with E-state index in [0.717, 1.165) is 42.8 Å². The van der Waals surface area contributed by atoms with Crippen molar-refractivity contribution in [1.29, 1.82) is 0 Å². The normalized spacial score (nSPS) is 55.8. The smallest absolute Gasteiger partial charge is 0.169 e. The molecule has 4 saturated carbocycles. The van der Waals surface area contributed by atoms with E-state index in [1.165, 1.54) is 57.8 Å². The molecule has 0 aromatic heterocycles. The second-order valence-corrected chi connectivity index (χ2v) is 11.4. The highest BCUT2D eigenvalue weighted by molar-refractivity contribution is 5.11. The highest BCUT2D eigenvalue weighted by atomic mass is 16.7. The lowest BCUT2D eigenvalue weighted by Crippen LogP contribution is -2.55. The first-order valence-corrected chi connectivity index (χ1v) is 11.6. The molecule has 8 atom stereocenters. The van der Waals surface area contributed by atoms with Gasteiger partial charge in [0, 0.05) is 5.92 Å². The third-order valence-electron chi connectivity index (χ3n) is 10.4. The predicted octanol–water partition coefficient (Wildman–Crippen LogP) is 6.04. The summed E-state index contributed by atoms with van der Waals surface area (Å²) in [6.07, 6.45) is 13.1. The first kappa shape index (κ1) is 18.0. The molecular formula is C24H40O2. The zero-order chi connectivity index (χ0) is 18.2. The Hall–Kier alpha value is -0.0800. The summed E-state index contributed by atoms with van der Waals surface area (Å²) in [7, 11) is 0. The number of hydrogen-bond acceptors (Lipinski definition) is 2. The van der Waals surface area contributed by atoms with Crippen LogP contribution in [0.5, 0.6) is 0 Å². The Bertz CT molecular complexity index is 552. The Balaban J connectivity index is 1.41. The molecule has 1 saturated heterocycles. The molecule has 0 aromatic rings. The number of hydrogen-bond donors (Lipinski definition) is 0. The van der Waals surface area contributed by atoms with Crippen LogP contribution in [0.2, 0.25) is 0 Å². The van der Waals surface area contributed by atoms with E-state index in [-0.39, 0.29) is 5.79 Å². The van der Waals surface area contributed by atoms with Crippen molar-refractivity contribution in [2.45, 2.75) is 91.3 Å². The van der Waals surface area contributed by atoms with E-state index >= 15 is 0 Å². The van der Waals surface area contributed by atoms with Crippen LogP contribution in [0, 0.1) is 46.3 Å². The van der Waals surface area contributed by atoms with Crippen LogP contribution in [-0.2, 0) is 9.47 Å². The van der Waals surface area contributed by atoms with Crippen molar-refractivity contribution < 1.29 is 9.47 Å². The summed E-state index contributed by atoms with van der Waals surface area (Å²) in [5.74, 6) is 5.13. The average molecular weight is 361 g/mol. The Morgan fingerprint density at radius 3 is 2.19 bits per heavy atom. The predicted molar refractivity (Wildman–Crippen MR) is 105 cm³/mol. The molecule has 5 fully saturated rings. The molecule has 3 unspecified atom stereocenters. The standard InChI is InChI=1S/C24H40O2/c1-16-9-11-22(2)17(15-16)5-6-18-19-7-8-21(24(4)25-13-14-26-24)23(19,3)12-10-20(18)22/h16-21H,5-15H2,1-4H3/t16-,17+,18?,19?,20?,21+,22+,23+/m1/s1. The van der Waals surface area contributed by atoms with Gasteiger partial charge in [0.1, 0.15) is 0 Å². The van der Waals surface area contributed by atoms with Crippen molar-refractivity contribution in [1.82, 2.24) is 0 Å². The van der Waals surface area contributed by atoms with E-state index in [2.05, 4.69) is 27.7 Å². The van der Waals surface area contributed by atoms with Gasteiger partial charge in [0.25, 0.3) is 0 Å². The van der Waals surface area contributed by atoms with E-state index in [1.54, 1.807) is 0 Å². The molecule has 0 radical (unpaired) electrons. The van der Waals surface area contributed by atoms with Crippen molar-refractivity contribution in [2.75, 3.05) is 13.2 Å². The fourth-order valence-electron chi connectivity index (χ4n) is 9.07. The molecule has 1 aliphatic heterocycles. The Morgan fingerprint density at radius 2 is 1.42 bits per heavy atom. The fourth-order valence-corrected chi connectivity index (χ4v) is 9.07. The lowest BCUT2D eigenvalue weighted by atomic mass is 9.44. The Labute approximate surface area is 160 Å².